The third kappa shape index (κ3) is 3.25. The first-order valence-corrected chi connectivity index (χ1v) is 7.26. The van der Waals surface area contributed by atoms with E-state index in [-0.39, 0.29) is 11.4 Å². The molecule has 2 aromatic rings. The minimum atomic E-state index is -3.58. The molecule has 0 radical (unpaired) electrons. The number of rotatable bonds is 6. The van der Waals surface area contributed by atoms with Gasteiger partial charge in [0.15, 0.2) is 0 Å². The largest absolute Gasteiger partial charge is 0.472 e. The molecule has 0 saturated carbocycles. The number of sulfonamides is 1. The van der Waals surface area contributed by atoms with Crippen molar-refractivity contribution in [1.82, 2.24) is 10.0 Å². The summed E-state index contributed by atoms with van der Waals surface area (Å²) in [5.41, 5.74) is 0.764. The van der Waals surface area contributed by atoms with Gasteiger partial charge in [-0.1, -0.05) is 0 Å². The van der Waals surface area contributed by atoms with Crippen molar-refractivity contribution in [3.63, 3.8) is 0 Å². The third-order valence-electron chi connectivity index (χ3n) is 2.61. The maximum atomic E-state index is 12.1. The maximum Gasteiger partial charge on any atom is 0.244 e. The van der Waals surface area contributed by atoms with Gasteiger partial charge in [0.2, 0.25) is 10.0 Å². The first-order valence-electron chi connectivity index (χ1n) is 5.77. The highest BCUT2D eigenvalue weighted by molar-refractivity contribution is 7.89. The lowest BCUT2D eigenvalue weighted by molar-refractivity contribution is 0.465. The van der Waals surface area contributed by atoms with Crippen molar-refractivity contribution in [3.05, 3.63) is 41.7 Å². The molecule has 7 heteroatoms. The SMILES string of the molecule is CNCc1cc(S(=O)(=O)NCc2ccoc2)c(C)o1. The van der Waals surface area contributed by atoms with Crippen molar-refractivity contribution in [2.24, 2.45) is 0 Å². The highest BCUT2D eigenvalue weighted by Gasteiger charge is 2.21. The van der Waals surface area contributed by atoms with E-state index >= 15 is 0 Å². The molecule has 0 aliphatic rings. The van der Waals surface area contributed by atoms with Crippen LogP contribution < -0.4 is 10.0 Å². The standard InChI is InChI=1S/C12H16N2O4S/c1-9-12(5-11(18-9)7-13-2)19(15,16)14-6-10-3-4-17-8-10/h3-5,8,13-14H,6-7H2,1-2H3. The zero-order valence-corrected chi connectivity index (χ0v) is 11.6. The van der Waals surface area contributed by atoms with E-state index in [9.17, 15) is 8.42 Å². The Morgan fingerprint density at radius 1 is 1.32 bits per heavy atom. The van der Waals surface area contributed by atoms with Crippen molar-refractivity contribution in [2.45, 2.75) is 24.9 Å². The summed E-state index contributed by atoms with van der Waals surface area (Å²) in [5, 5.41) is 2.91. The Kier molecular flexibility index (Phi) is 4.08. The quantitative estimate of drug-likeness (QED) is 0.837. The Balaban J connectivity index is 2.14. The second kappa shape index (κ2) is 5.60. The van der Waals surface area contributed by atoms with Crippen molar-refractivity contribution >= 4 is 10.0 Å². The molecule has 2 N–H and O–H groups in total. The summed E-state index contributed by atoms with van der Waals surface area (Å²) in [4.78, 5) is 0.168. The molecule has 0 saturated heterocycles. The van der Waals surface area contributed by atoms with Crippen LogP contribution in [-0.4, -0.2) is 15.5 Å². The molecule has 104 valence electrons. The van der Waals surface area contributed by atoms with E-state index < -0.39 is 10.0 Å². The van der Waals surface area contributed by atoms with Gasteiger partial charge in [-0.15, -0.1) is 0 Å². The molecule has 0 atom stereocenters. The lowest BCUT2D eigenvalue weighted by Gasteiger charge is -2.03. The summed E-state index contributed by atoms with van der Waals surface area (Å²) in [6.45, 7) is 2.30. The van der Waals surface area contributed by atoms with Crippen LogP contribution in [0.25, 0.3) is 0 Å². The Morgan fingerprint density at radius 2 is 2.11 bits per heavy atom. The van der Waals surface area contributed by atoms with E-state index in [2.05, 4.69) is 10.0 Å². The Hall–Kier alpha value is -1.57. The molecule has 6 nitrogen and oxygen atoms in total. The van der Waals surface area contributed by atoms with Crippen LogP contribution in [0.2, 0.25) is 0 Å². The normalized spacial score (nSPS) is 11.9. The van der Waals surface area contributed by atoms with Gasteiger partial charge in [-0.05, 0) is 20.0 Å². The average Bonchev–Trinajstić information content (AvgIpc) is 2.97. The molecular weight excluding hydrogens is 268 g/mol. The smallest absolute Gasteiger partial charge is 0.244 e. The minimum Gasteiger partial charge on any atom is -0.472 e. The van der Waals surface area contributed by atoms with Crippen molar-refractivity contribution in [1.29, 1.82) is 0 Å². The van der Waals surface area contributed by atoms with E-state index in [4.69, 9.17) is 8.83 Å². The predicted octanol–water partition coefficient (Wildman–Crippen LogP) is 1.38. The van der Waals surface area contributed by atoms with Crippen molar-refractivity contribution < 1.29 is 17.3 Å². The molecule has 0 bridgehead atoms. The predicted molar refractivity (Wildman–Crippen MR) is 68.9 cm³/mol. The third-order valence-corrected chi connectivity index (χ3v) is 4.12. The molecule has 0 spiro atoms. The fourth-order valence-electron chi connectivity index (χ4n) is 1.70. The van der Waals surface area contributed by atoms with Crippen molar-refractivity contribution in [3.8, 4) is 0 Å². The first-order chi connectivity index (χ1) is 9.03. The van der Waals surface area contributed by atoms with Crippen LogP contribution in [0.5, 0.6) is 0 Å². The molecule has 0 aromatic carbocycles. The lowest BCUT2D eigenvalue weighted by atomic mass is 10.4. The molecule has 19 heavy (non-hydrogen) atoms. The summed E-state index contributed by atoms with van der Waals surface area (Å²) >= 11 is 0. The average molecular weight is 284 g/mol. The van der Waals surface area contributed by atoms with Crippen LogP contribution in [0.3, 0.4) is 0 Å². The van der Waals surface area contributed by atoms with Crippen LogP contribution in [-0.2, 0) is 23.1 Å². The second-order valence-electron chi connectivity index (χ2n) is 4.12. The van der Waals surface area contributed by atoms with Gasteiger partial charge in [0.05, 0.1) is 19.1 Å². The number of aryl methyl sites for hydroxylation is 1. The van der Waals surface area contributed by atoms with Gasteiger partial charge < -0.3 is 14.2 Å². The fourth-order valence-corrected chi connectivity index (χ4v) is 2.92. The van der Waals surface area contributed by atoms with E-state index in [1.165, 1.54) is 18.6 Å². The van der Waals surface area contributed by atoms with Gasteiger partial charge in [-0.2, -0.15) is 0 Å². The zero-order valence-electron chi connectivity index (χ0n) is 10.8. The number of nitrogens with one attached hydrogen (secondary N) is 2. The van der Waals surface area contributed by atoms with Gasteiger partial charge in [0.25, 0.3) is 0 Å². The van der Waals surface area contributed by atoms with E-state index in [0.29, 0.717) is 18.1 Å². The molecule has 0 fully saturated rings. The van der Waals surface area contributed by atoms with Crippen molar-refractivity contribution in [2.75, 3.05) is 7.05 Å². The second-order valence-corrected chi connectivity index (χ2v) is 5.86. The molecule has 0 aliphatic heterocycles. The lowest BCUT2D eigenvalue weighted by Crippen LogP contribution is -2.23. The molecule has 2 rings (SSSR count). The van der Waals surface area contributed by atoms with E-state index in [1.807, 2.05) is 0 Å². The monoisotopic (exact) mass is 284 g/mol. The summed E-state index contributed by atoms with van der Waals surface area (Å²) in [6.07, 6.45) is 2.99. The Labute approximate surface area is 111 Å². The minimum absolute atomic E-state index is 0.168. The van der Waals surface area contributed by atoms with E-state index in [1.54, 1.807) is 20.0 Å². The maximum absolute atomic E-state index is 12.1. The van der Waals surface area contributed by atoms with Gasteiger partial charge in [-0.25, -0.2) is 13.1 Å². The summed E-state index contributed by atoms with van der Waals surface area (Å²) in [6, 6.07) is 3.24. The fraction of sp³-hybridized carbons (Fsp3) is 0.333. The highest BCUT2D eigenvalue weighted by atomic mass is 32.2. The van der Waals surface area contributed by atoms with Gasteiger partial charge in [0.1, 0.15) is 16.4 Å². The number of hydrogen-bond acceptors (Lipinski definition) is 5. The van der Waals surface area contributed by atoms with Crippen LogP contribution in [0, 0.1) is 6.92 Å². The molecule has 0 unspecified atom stereocenters. The number of furan rings is 2. The summed E-state index contributed by atoms with van der Waals surface area (Å²) in [7, 11) is -1.81. The highest BCUT2D eigenvalue weighted by Crippen LogP contribution is 2.20. The zero-order chi connectivity index (χ0) is 13.9. The van der Waals surface area contributed by atoms with Crippen LogP contribution >= 0.6 is 0 Å². The molecule has 0 amide bonds. The van der Waals surface area contributed by atoms with Crippen LogP contribution in [0.4, 0.5) is 0 Å². The topological polar surface area (TPSA) is 84.5 Å². The Bertz CT molecular complexity index is 629. The van der Waals surface area contributed by atoms with Gasteiger partial charge >= 0.3 is 0 Å². The van der Waals surface area contributed by atoms with Crippen LogP contribution in [0.1, 0.15) is 17.1 Å². The van der Waals surface area contributed by atoms with Gasteiger partial charge in [-0.3, -0.25) is 0 Å². The number of hydrogen-bond donors (Lipinski definition) is 2. The van der Waals surface area contributed by atoms with Crippen LogP contribution in [0.15, 0.2) is 38.4 Å². The summed E-state index contributed by atoms with van der Waals surface area (Å²) in [5.74, 6) is 0.966. The first kappa shape index (κ1) is 13.9. The van der Waals surface area contributed by atoms with Gasteiger partial charge in [0, 0.05) is 18.2 Å². The molecular formula is C12H16N2O4S. The molecule has 0 aliphatic carbocycles. The Morgan fingerprint density at radius 3 is 2.74 bits per heavy atom. The molecule has 2 heterocycles. The summed E-state index contributed by atoms with van der Waals surface area (Å²) < 4.78 is 37.1. The van der Waals surface area contributed by atoms with E-state index in [0.717, 1.165) is 5.56 Å². The molecule has 2 aromatic heterocycles.